The van der Waals surface area contributed by atoms with Gasteiger partial charge in [0.1, 0.15) is 11.3 Å². The molecule has 1 amide bonds. The average molecular weight is 418 g/mol. The van der Waals surface area contributed by atoms with E-state index in [9.17, 15) is 13.6 Å². The van der Waals surface area contributed by atoms with Crippen LogP contribution < -0.4 is 5.32 Å². The first-order chi connectivity index (χ1) is 15.0. The number of amides is 1. The fourth-order valence-electron chi connectivity index (χ4n) is 3.72. The molecular formula is C24H20F2N4O. The molecule has 0 aliphatic heterocycles. The van der Waals surface area contributed by atoms with E-state index in [2.05, 4.69) is 17.2 Å². The molecule has 4 aromatic rings. The van der Waals surface area contributed by atoms with Crippen LogP contribution in [0.4, 0.5) is 14.5 Å². The summed E-state index contributed by atoms with van der Waals surface area (Å²) in [6.45, 7) is 2.06. The molecule has 0 radical (unpaired) electrons. The molecule has 3 heterocycles. The summed E-state index contributed by atoms with van der Waals surface area (Å²) in [7, 11) is 0. The fraction of sp³-hybridized carbons (Fsp3) is 0.208. The molecule has 0 bridgehead atoms. The maximum Gasteiger partial charge on any atom is 0.280 e. The van der Waals surface area contributed by atoms with Crippen molar-refractivity contribution in [3.63, 3.8) is 0 Å². The summed E-state index contributed by atoms with van der Waals surface area (Å²) in [6.07, 6.45) is 3.10. The van der Waals surface area contributed by atoms with Gasteiger partial charge in [0.2, 0.25) is 0 Å². The summed E-state index contributed by atoms with van der Waals surface area (Å²) in [4.78, 5) is 21.2. The maximum atomic E-state index is 12.7. The SMILES string of the molecule is Cc1c(C2CC2)nc2ccc(NC(=O)c3ccc(-c4ccc(C(F)F)nc4)cc3)cn12. The molecule has 5 nitrogen and oxygen atoms in total. The molecule has 156 valence electrons. The highest BCUT2D eigenvalue weighted by molar-refractivity contribution is 6.04. The van der Waals surface area contributed by atoms with E-state index in [-0.39, 0.29) is 11.6 Å². The molecular weight excluding hydrogens is 398 g/mol. The van der Waals surface area contributed by atoms with Gasteiger partial charge in [0.15, 0.2) is 0 Å². The Balaban J connectivity index is 1.32. The highest BCUT2D eigenvalue weighted by atomic mass is 19.3. The number of carbonyl (C=O) groups excluding carboxylic acids is 1. The zero-order chi connectivity index (χ0) is 21.5. The second kappa shape index (κ2) is 7.58. The van der Waals surface area contributed by atoms with Crippen LogP contribution in [-0.2, 0) is 0 Å². The monoisotopic (exact) mass is 418 g/mol. The Bertz CT molecular complexity index is 1260. The van der Waals surface area contributed by atoms with Crippen LogP contribution in [0.15, 0.2) is 60.9 Å². The highest BCUT2D eigenvalue weighted by Crippen LogP contribution is 2.41. The summed E-state index contributed by atoms with van der Waals surface area (Å²) < 4.78 is 27.3. The van der Waals surface area contributed by atoms with Crippen LogP contribution in [0.3, 0.4) is 0 Å². The third-order valence-electron chi connectivity index (χ3n) is 5.61. The lowest BCUT2D eigenvalue weighted by Crippen LogP contribution is -2.12. The lowest BCUT2D eigenvalue weighted by molar-refractivity contribution is 0.102. The first-order valence-corrected chi connectivity index (χ1v) is 10.1. The fourth-order valence-corrected chi connectivity index (χ4v) is 3.72. The van der Waals surface area contributed by atoms with Crippen molar-refractivity contribution in [3.05, 3.63) is 83.6 Å². The molecule has 0 atom stereocenters. The van der Waals surface area contributed by atoms with E-state index < -0.39 is 6.43 Å². The van der Waals surface area contributed by atoms with Gasteiger partial charge in [-0.15, -0.1) is 0 Å². The minimum absolute atomic E-state index is 0.225. The molecule has 1 N–H and O–H groups in total. The first kappa shape index (κ1) is 19.4. The van der Waals surface area contributed by atoms with Gasteiger partial charge in [0.05, 0.1) is 11.4 Å². The summed E-state index contributed by atoms with van der Waals surface area (Å²) in [6, 6.07) is 13.6. The molecule has 31 heavy (non-hydrogen) atoms. The molecule has 1 aliphatic rings. The number of benzene rings is 1. The van der Waals surface area contributed by atoms with E-state index in [4.69, 9.17) is 4.98 Å². The molecule has 0 unspecified atom stereocenters. The van der Waals surface area contributed by atoms with Crippen LogP contribution in [0.25, 0.3) is 16.8 Å². The molecule has 7 heteroatoms. The quantitative estimate of drug-likeness (QED) is 0.447. The number of pyridine rings is 2. The summed E-state index contributed by atoms with van der Waals surface area (Å²) in [5, 5.41) is 2.93. The van der Waals surface area contributed by atoms with Gasteiger partial charge in [-0.2, -0.15) is 0 Å². The second-order valence-corrected chi connectivity index (χ2v) is 7.81. The van der Waals surface area contributed by atoms with Crippen LogP contribution in [0.1, 0.15) is 52.6 Å². The number of halogens is 2. The number of rotatable bonds is 5. The third-order valence-corrected chi connectivity index (χ3v) is 5.61. The number of aromatic nitrogens is 3. The predicted molar refractivity (Wildman–Crippen MR) is 114 cm³/mol. The predicted octanol–water partition coefficient (Wildman–Crippen LogP) is 5.77. The van der Waals surface area contributed by atoms with Gasteiger partial charge < -0.3 is 9.72 Å². The van der Waals surface area contributed by atoms with E-state index in [1.807, 2.05) is 22.7 Å². The van der Waals surface area contributed by atoms with Crippen molar-refractivity contribution in [1.29, 1.82) is 0 Å². The van der Waals surface area contributed by atoms with Gasteiger partial charge in [-0.05, 0) is 55.7 Å². The van der Waals surface area contributed by atoms with Gasteiger partial charge in [-0.1, -0.05) is 18.2 Å². The number of hydrogen-bond donors (Lipinski definition) is 1. The number of fused-ring (bicyclic) bond motifs is 1. The lowest BCUT2D eigenvalue weighted by atomic mass is 10.0. The minimum atomic E-state index is -2.59. The number of hydrogen-bond acceptors (Lipinski definition) is 3. The van der Waals surface area contributed by atoms with E-state index in [0.29, 0.717) is 22.7 Å². The van der Waals surface area contributed by atoms with E-state index >= 15 is 0 Å². The molecule has 0 saturated heterocycles. The van der Waals surface area contributed by atoms with Crippen molar-refractivity contribution < 1.29 is 13.6 Å². The van der Waals surface area contributed by atoms with Crippen LogP contribution in [0.2, 0.25) is 0 Å². The number of carbonyl (C=O) groups is 1. The van der Waals surface area contributed by atoms with Gasteiger partial charge in [-0.3, -0.25) is 9.78 Å². The topological polar surface area (TPSA) is 59.3 Å². The maximum absolute atomic E-state index is 12.7. The Labute approximate surface area is 177 Å². The lowest BCUT2D eigenvalue weighted by Gasteiger charge is -2.08. The van der Waals surface area contributed by atoms with E-state index in [1.165, 1.54) is 25.1 Å². The summed E-state index contributed by atoms with van der Waals surface area (Å²) in [5.74, 6) is 0.343. The van der Waals surface area contributed by atoms with Gasteiger partial charge in [-0.25, -0.2) is 13.8 Å². The first-order valence-electron chi connectivity index (χ1n) is 10.1. The van der Waals surface area contributed by atoms with Gasteiger partial charge in [0, 0.05) is 35.1 Å². The normalized spacial score (nSPS) is 13.7. The van der Waals surface area contributed by atoms with Crippen molar-refractivity contribution >= 4 is 17.2 Å². The average Bonchev–Trinajstić information content (AvgIpc) is 3.58. The Morgan fingerprint density at radius 2 is 1.81 bits per heavy atom. The highest BCUT2D eigenvalue weighted by Gasteiger charge is 2.28. The van der Waals surface area contributed by atoms with Crippen molar-refractivity contribution in [3.8, 4) is 11.1 Å². The molecule has 1 aromatic carbocycles. The Hall–Kier alpha value is -3.61. The number of aryl methyl sites for hydroxylation is 1. The van der Waals surface area contributed by atoms with Crippen LogP contribution >= 0.6 is 0 Å². The molecule has 0 spiro atoms. The Morgan fingerprint density at radius 1 is 1.06 bits per heavy atom. The molecule has 1 saturated carbocycles. The van der Waals surface area contributed by atoms with Crippen LogP contribution in [0, 0.1) is 6.92 Å². The zero-order valence-electron chi connectivity index (χ0n) is 16.8. The number of nitrogens with zero attached hydrogens (tertiary/aromatic N) is 3. The Kier molecular flexibility index (Phi) is 4.73. The van der Waals surface area contributed by atoms with Crippen molar-refractivity contribution in [2.75, 3.05) is 5.32 Å². The summed E-state index contributed by atoms with van der Waals surface area (Å²) >= 11 is 0. The smallest absolute Gasteiger partial charge is 0.280 e. The number of anilines is 1. The minimum Gasteiger partial charge on any atom is -0.321 e. The molecule has 3 aromatic heterocycles. The molecule has 1 fully saturated rings. The van der Waals surface area contributed by atoms with E-state index in [1.54, 1.807) is 30.3 Å². The van der Waals surface area contributed by atoms with Gasteiger partial charge >= 0.3 is 0 Å². The largest absolute Gasteiger partial charge is 0.321 e. The van der Waals surface area contributed by atoms with Crippen LogP contribution in [0.5, 0.6) is 0 Å². The second-order valence-electron chi connectivity index (χ2n) is 7.81. The zero-order valence-corrected chi connectivity index (χ0v) is 16.8. The number of alkyl halides is 2. The Morgan fingerprint density at radius 3 is 2.45 bits per heavy atom. The van der Waals surface area contributed by atoms with Crippen LogP contribution in [-0.4, -0.2) is 20.3 Å². The van der Waals surface area contributed by atoms with Crippen molar-refractivity contribution in [2.24, 2.45) is 0 Å². The summed E-state index contributed by atoms with van der Waals surface area (Å²) in [5.41, 5.74) is 5.59. The number of nitrogens with one attached hydrogen (secondary N) is 1. The molecule has 1 aliphatic carbocycles. The van der Waals surface area contributed by atoms with Crippen molar-refractivity contribution in [2.45, 2.75) is 32.1 Å². The van der Waals surface area contributed by atoms with E-state index in [0.717, 1.165) is 22.6 Å². The van der Waals surface area contributed by atoms with Crippen molar-refractivity contribution in [1.82, 2.24) is 14.4 Å². The third kappa shape index (κ3) is 3.79. The number of imidazole rings is 1. The molecule has 5 rings (SSSR count). The standard InChI is InChI=1S/C24H20F2N4O/c1-14-22(16-4-5-16)29-21-11-9-19(13-30(14)21)28-24(31)17-6-2-15(3-7-17)18-8-10-20(23(25)26)27-12-18/h2-3,6-13,16,23H,4-5H2,1H3,(H,28,31). The van der Waals surface area contributed by atoms with Gasteiger partial charge in [0.25, 0.3) is 12.3 Å².